The Hall–Kier alpha value is -1.64. The summed E-state index contributed by atoms with van der Waals surface area (Å²) >= 11 is 0. The van der Waals surface area contributed by atoms with Gasteiger partial charge >= 0.3 is 0 Å². The molecule has 2 atom stereocenters. The normalized spacial score (nSPS) is 21.3. The summed E-state index contributed by atoms with van der Waals surface area (Å²) in [6, 6.07) is 17.6. The highest BCUT2D eigenvalue weighted by molar-refractivity contribution is 5.64. The van der Waals surface area contributed by atoms with Crippen molar-refractivity contribution in [1.82, 2.24) is 0 Å². The van der Waals surface area contributed by atoms with Crippen molar-refractivity contribution in [3.05, 3.63) is 59.7 Å². The summed E-state index contributed by atoms with van der Waals surface area (Å²) in [6.07, 6.45) is 3.68. The average molecular weight is 310 g/mol. The van der Waals surface area contributed by atoms with E-state index >= 15 is 0 Å². The van der Waals surface area contributed by atoms with Crippen molar-refractivity contribution in [1.29, 1.82) is 0 Å². The Morgan fingerprint density at radius 3 is 2.00 bits per heavy atom. The predicted octanol–water partition coefficient (Wildman–Crippen LogP) is 5.17. The molecular weight excluding hydrogens is 284 g/mol. The first-order valence-electron chi connectivity index (χ1n) is 8.72. The molecule has 0 N–H and O–H groups in total. The first-order chi connectivity index (χ1) is 11.3. The van der Waals surface area contributed by atoms with E-state index in [0.717, 1.165) is 12.8 Å². The van der Waals surface area contributed by atoms with Gasteiger partial charge in [-0.25, -0.2) is 0 Å². The molecule has 1 aliphatic heterocycles. The third-order valence-corrected chi connectivity index (χ3v) is 4.53. The molecule has 0 aromatic heterocycles. The lowest BCUT2D eigenvalue weighted by atomic mass is 10.00. The molecule has 0 radical (unpaired) electrons. The first kappa shape index (κ1) is 16.2. The molecule has 2 heteroatoms. The van der Waals surface area contributed by atoms with Crippen LogP contribution in [0.3, 0.4) is 0 Å². The minimum Gasteiger partial charge on any atom is -0.373 e. The summed E-state index contributed by atoms with van der Waals surface area (Å²) in [5.41, 5.74) is 5.13. The van der Waals surface area contributed by atoms with E-state index < -0.39 is 0 Å². The molecule has 2 aromatic carbocycles. The molecule has 23 heavy (non-hydrogen) atoms. The van der Waals surface area contributed by atoms with Crippen LogP contribution < -0.4 is 0 Å². The lowest BCUT2D eigenvalue weighted by Crippen LogP contribution is -2.30. The van der Waals surface area contributed by atoms with Crippen molar-refractivity contribution in [2.45, 2.75) is 45.3 Å². The van der Waals surface area contributed by atoms with Crippen molar-refractivity contribution in [2.75, 3.05) is 13.2 Å². The van der Waals surface area contributed by atoms with Crippen LogP contribution in [0.25, 0.3) is 11.1 Å². The summed E-state index contributed by atoms with van der Waals surface area (Å²) in [4.78, 5) is 0. The van der Waals surface area contributed by atoms with Gasteiger partial charge in [0, 0.05) is 0 Å². The van der Waals surface area contributed by atoms with Crippen LogP contribution in [0.1, 0.15) is 43.9 Å². The lowest BCUT2D eigenvalue weighted by Gasteiger charge is -2.29. The summed E-state index contributed by atoms with van der Waals surface area (Å²) in [6.45, 7) is 5.70. The number of ether oxygens (including phenoxy) is 2. The zero-order chi connectivity index (χ0) is 16.1. The maximum absolute atomic E-state index is 5.93. The van der Waals surface area contributed by atoms with E-state index in [1.807, 2.05) is 0 Å². The highest BCUT2D eigenvalue weighted by Crippen LogP contribution is 2.27. The van der Waals surface area contributed by atoms with Crippen molar-refractivity contribution >= 4 is 0 Å². The second-order valence-electron chi connectivity index (χ2n) is 6.25. The van der Waals surface area contributed by atoms with Gasteiger partial charge in [-0.3, -0.25) is 0 Å². The first-order valence-corrected chi connectivity index (χ1v) is 8.72. The van der Waals surface area contributed by atoms with Crippen molar-refractivity contribution in [3.63, 3.8) is 0 Å². The molecule has 1 aliphatic rings. The van der Waals surface area contributed by atoms with Gasteiger partial charge in [0.25, 0.3) is 0 Å². The smallest absolute Gasteiger partial charge is 0.106 e. The van der Waals surface area contributed by atoms with Crippen LogP contribution in [0.2, 0.25) is 0 Å². The number of hydrogen-bond donors (Lipinski definition) is 0. The van der Waals surface area contributed by atoms with Gasteiger partial charge in [-0.1, -0.05) is 68.8 Å². The second kappa shape index (κ2) is 7.76. The second-order valence-corrected chi connectivity index (χ2v) is 6.25. The van der Waals surface area contributed by atoms with Crippen LogP contribution in [0, 0.1) is 0 Å². The molecule has 2 aromatic rings. The number of aryl methyl sites for hydroxylation is 1. The van der Waals surface area contributed by atoms with Crippen LogP contribution in [0.5, 0.6) is 0 Å². The van der Waals surface area contributed by atoms with Gasteiger partial charge in [-0.2, -0.15) is 0 Å². The number of rotatable bonds is 5. The van der Waals surface area contributed by atoms with Gasteiger partial charge in [-0.05, 0) is 35.1 Å². The van der Waals surface area contributed by atoms with Crippen LogP contribution in [-0.2, 0) is 15.9 Å². The van der Waals surface area contributed by atoms with Gasteiger partial charge in [0.05, 0.1) is 19.3 Å². The molecule has 0 saturated carbocycles. The molecule has 1 heterocycles. The molecule has 0 aliphatic carbocycles. The van der Waals surface area contributed by atoms with Crippen LogP contribution in [0.4, 0.5) is 0 Å². The summed E-state index contributed by atoms with van der Waals surface area (Å²) in [5, 5.41) is 0. The zero-order valence-corrected chi connectivity index (χ0v) is 14.1. The monoisotopic (exact) mass is 310 g/mol. The van der Waals surface area contributed by atoms with E-state index in [9.17, 15) is 0 Å². The van der Waals surface area contributed by atoms with Gasteiger partial charge < -0.3 is 9.47 Å². The molecule has 0 amide bonds. The Morgan fingerprint density at radius 2 is 1.48 bits per heavy atom. The average Bonchev–Trinajstić information content (AvgIpc) is 2.63. The van der Waals surface area contributed by atoms with Crippen LogP contribution in [-0.4, -0.2) is 19.3 Å². The molecule has 1 fully saturated rings. The molecule has 3 rings (SSSR count). The van der Waals surface area contributed by atoms with E-state index in [4.69, 9.17) is 9.47 Å². The minimum atomic E-state index is 0.0683. The Labute approximate surface area is 139 Å². The number of hydrogen-bond acceptors (Lipinski definition) is 2. The summed E-state index contributed by atoms with van der Waals surface area (Å²) < 4.78 is 11.8. The van der Waals surface area contributed by atoms with Crippen LogP contribution in [0.15, 0.2) is 48.5 Å². The molecule has 122 valence electrons. The quantitative estimate of drug-likeness (QED) is 0.758. The van der Waals surface area contributed by atoms with Gasteiger partial charge in [0.15, 0.2) is 0 Å². The van der Waals surface area contributed by atoms with Gasteiger partial charge in [0.1, 0.15) is 6.10 Å². The predicted molar refractivity (Wildman–Crippen MR) is 94.6 cm³/mol. The van der Waals surface area contributed by atoms with E-state index in [-0.39, 0.29) is 12.2 Å². The van der Waals surface area contributed by atoms with Gasteiger partial charge in [0.2, 0.25) is 0 Å². The summed E-state index contributed by atoms with van der Waals surface area (Å²) in [7, 11) is 0. The SMILES string of the molecule is CCCc1ccc(-c2ccc([C@@H]3CO[C@@H](CC)CO3)cc2)cc1. The third kappa shape index (κ3) is 4.01. The zero-order valence-electron chi connectivity index (χ0n) is 14.1. The largest absolute Gasteiger partial charge is 0.373 e. The fourth-order valence-electron chi connectivity index (χ4n) is 3.01. The van der Waals surface area contributed by atoms with Crippen molar-refractivity contribution < 1.29 is 9.47 Å². The fourth-order valence-corrected chi connectivity index (χ4v) is 3.01. The summed E-state index contributed by atoms with van der Waals surface area (Å²) in [5.74, 6) is 0. The molecule has 0 unspecified atom stereocenters. The van der Waals surface area contributed by atoms with Crippen LogP contribution >= 0.6 is 0 Å². The lowest BCUT2D eigenvalue weighted by molar-refractivity contribution is -0.135. The molecular formula is C21H26O2. The van der Waals surface area contributed by atoms with E-state index in [0.29, 0.717) is 13.2 Å². The third-order valence-electron chi connectivity index (χ3n) is 4.53. The maximum atomic E-state index is 5.93. The standard InChI is InChI=1S/C21H26O2/c1-3-5-16-6-8-17(9-7-16)18-10-12-19(13-11-18)21-15-22-20(4-2)14-23-21/h6-13,20-21H,3-5,14-15H2,1-2H3/t20-,21-/m0/s1. The topological polar surface area (TPSA) is 18.5 Å². The Kier molecular flexibility index (Phi) is 5.47. The van der Waals surface area contributed by atoms with Gasteiger partial charge in [-0.15, -0.1) is 0 Å². The van der Waals surface area contributed by atoms with E-state index in [1.54, 1.807) is 0 Å². The minimum absolute atomic E-state index is 0.0683. The molecule has 0 bridgehead atoms. The fraction of sp³-hybridized carbons (Fsp3) is 0.429. The highest BCUT2D eigenvalue weighted by atomic mass is 16.6. The Bertz CT molecular complexity index is 593. The molecule has 2 nitrogen and oxygen atoms in total. The van der Waals surface area contributed by atoms with E-state index in [1.165, 1.54) is 28.7 Å². The Balaban J connectivity index is 1.67. The molecule has 0 spiro atoms. The molecule has 1 saturated heterocycles. The number of benzene rings is 2. The Morgan fingerprint density at radius 1 is 0.826 bits per heavy atom. The van der Waals surface area contributed by atoms with Crippen molar-refractivity contribution in [2.24, 2.45) is 0 Å². The van der Waals surface area contributed by atoms with E-state index in [2.05, 4.69) is 62.4 Å². The highest BCUT2D eigenvalue weighted by Gasteiger charge is 2.22. The maximum Gasteiger partial charge on any atom is 0.106 e. The van der Waals surface area contributed by atoms with Crippen molar-refractivity contribution in [3.8, 4) is 11.1 Å².